The molecule has 1 aromatic carbocycles. The number of rotatable bonds is 5. The van der Waals surface area contributed by atoms with Gasteiger partial charge in [-0.05, 0) is 29.8 Å². The monoisotopic (exact) mass is 297 g/mol. The van der Waals surface area contributed by atoms with Crippen molar-refractivity contribution in [2.45, 2.75) is 0 Å². The summed E-state index contributed by atoms with van der Waals surface area (Å²) in [6.07, 6.45) is 1.43. The van der Waals surface area contributed by atoms with Crippen molar-refractivity contribution in [3.8, 4) is 11.3 Å². The highest BCUT2D eigenvalue weighted by Gasteiger charge is 2.11. The van der Waals surface area contributed by atoms with Crippen LogP contribution in [-0.2, 0) is 0 Å². The summed E-state index contributed by atoms with van der Waals surface area (Å²) in [6, 6.07) is 8.12. The first kappa shape index (κ1) is 15.5. The highest BCUT2D eigenvalue weighted by atomic mass is 16.4. The van der Waals surface area contributed by atoms with Gasteiger partial charge < -0.3 is 15.1 Å². The zero-order valence-electron chi connectivity index (χ0n) is 12.0. The topological polar surface area (TPSA) is 78.0 Å². The molecule has 0 fully saturated rings. The van der Waals surface area contributed by atoms with E-state index >= 15 is 0 Å². The van der Waals surface area contributed by atoms with Crippen molar-refractivity contribution < 1.29 is 15.0 Å². The van der Waals surface area contributed by atoms with Crippen LogP contribution in [0.3, 0.4) is 0 Å². The molecule has 6 nitrogen and oxygen atoms in total. The number of aromatic nitrogens is 1. The molecular weight excluding hydrogens is 282 g/mol. The molecule has 0 unspecified atom stereocenters. The number of aromatic carboxylic acids is 1. The standard InChI is InChI=1S/C16H15N3O3/c1-17-14-9-11(3-4-15(14)19(2)7-8-20)13-10-12(16(21)22)5-6-18-13/h3-6,9-10,20H,7-8H2,2H3,(H,21,22). The third-order valence-corrected chi connectivity index (χ3v) is 3.25. The minimum atomic E-state index is -1.02. The number of aliphatic hydroxyl groups excluding tert-OH is 1. The molecule has 0 aliphatic rings. The summed E-state index contributed by atoms with van der Waals surface area (Å²) in [7, 11) is 1.79. The number of likely N-dealkylation sites (N-methyl/N-ethyl adjacent to an activating group) is 1. The van der Waals surface area contributed by atoms with Gasteiger partial charge in [-0.3, -0.25) is 4.98 Å². The van der Waals surface area contributed by atoms with E-state index in [4.69, 9.17) is 16.8 Å². The molecule has 2 aromatic rings. The van der Waals surface area contributed by atoms with Crippen LogP contribution in [0.1, 0.15) is 10.4 Å². The Morgan fingerprint density at radius 1 is 1.36 bits per heavy atom. The van der Waals surface area contributed by atoms with E-state index in [1.54, 1.807) is 30.1 Å². The van der Waals surface area contributed by atoms with Crippen LogP contribution in [0.5, 0.6) is 0 Å². The van der Waals surface area contributed by atoms with Crippen LogP contribution in [-0.4, -0.2) is 41.4 Å². The van der Waals surface area contributed by atoms with Gasteiger partial charge in [0.1, 0.15) is 0 Å². The molecular formula is C16H15N3O3. The fraction of sp³-hybridized carbons (Fsp3) is 0.188. The van der Waals surface area contributed by atoms with Crippen LogP contribution in [0, 0.1) is 6.57 Å². The third kappa shape index (κ3) is 3.22. The second kappa shape index (κ2) is 6.70. The maximum Gasteiger partial charge on any atom is 0.335 e. The number of nitrogens with zero attached hydrogens (tertiary/aromatic N) is 3. The van der Waals surface area contributed by atoms with E-state index in [0.29, 0.717) is 29.2 Å². The molecule has 2 rings (SSSR count). The minimum absolute atomic E-state index is 0.00208. The lowest BCUT2D eigenvalue weighted by Crippen LogP contribution is -2.21. The predicted molar refractivity (Wildman–Crippen MR) is 83.3 cm³/mol. The Morgan fingerprint density at radius 2 is 2.14 bits per heavy atom. The van der Waals surface area contributed by atoms with E-state index in [1.807, 2.05) is 0 Å². The van der Waals surface area contributed by atoms with Crippen LogP contribution in [0.2, 0.25) is 0 Å². The molecule has 1 heterocycles. The third-order valence-electron chi connectivity index (χ3n) is 3.25. The first-order valence-corrected chi connectivity index (χ1v) is 6.60. The molecule has 0 saturated carbocycles. The lowest BCUT2D eigenvalue weighted by atomic mass is 10.1. The Morgan fingerprint density at radius 3 is 2.77 bits per heavy atom. The highest BCUT2D eigenvalue weighted by Crippen LogP contribution is 2.32. The van der Waals surface area contributed by atoms with E-state index in [2.05, 4.69) is 9.83 Å². The molecule has 2 N–H and O–H groups in total. The summed E-state index contributed by atoms with van der Waals surface area (Å²) < 4.78 is 0. The molecule has 22 heavy (non-hydrogen) atoms. The molecule has 0 spiro atoms. The van der Waals surface area contributed by atoms with Crippen molar-refractivity contribution in [1.29, 1.82) is 0 Å². The Balaban J connectivity index is 2.44. The zero-order chi connectivity index (χ0) is 16.1. The molecule has 0 radical (unpaired) electrons. The fourth-order valence-electron chi connectivity index (χ4n) is 2.09. The van der Waals surface area contributed by atoms with E-state index < -0.39 is 5.97 Å². The summed E-state index contributed by atoms with van der Waals surface area (Å²) in [5.74, 6) is -1.02. The van der Waals surface area contributed by atoms with Crippen molar-refractivity contribution in [2.24, 2.45) is 0 Å². The van der Waals surface area contributed by atoms with E-state index in [9.17, 15) is 4.79 Å². The molecule has 0 aliphatic carbocycles. The largest absolute Gasteiger partial charge is 0.478 e. The average Bonchev–Trinajstić information content (AvgIpc) is 2.54. The first-order valence-electron chi connectivity index (χ1n) is 6.60. The molecule has 112 valence electrons. The van der Waals surface area contributed by atoms with Crippen molar-refractivity contribution in [3.63, 3.8) is 0 Å². The van der Waals surface area contributed by atoms with E-state index in [-0.39, 0.29) is 12.2 Å². The van der Waals surface area contributed by atoms with E-state index in [1.165, 1.54) is 18.3 Å². The lowest BCUT2D eigenvalue weighted by molar-refractivity contribution is 0.0697. The summed E-state index contributed by atoms with van der Waals surface area (Å²) in [5.41, 5.74) is 2.46. The van der Waals surface area contributed by atoms with Crippen molar-refractivity contribution in [2.75, 3.05) is 25.1 Å². The molecule has 0 bridgehead atoms. The Hall–Kier alpha value is -2.91. The second-order valence-electron chi connectivity index (χ2n) is 4.70. The van der Waals surface area contributed by atoms with Crippen molar-refractivity contribution in [3.05, 3.63) is 53.5 Å². The van der Waals surface area contributed by atoms with Gasteiger partial charge in [-0.25, -0.2) is 9.64 Å². The number of anilines is 1. The van der Waals surface area contributed by atoms with E-state index in [0.717, 1.165) is 0 Å². The Bertz CT molecular complexity index is 738. The Kier molecular flexibility index (Phi) is 4.71. The van der Waals surface area contributed by atoms with Gasteiger partial charge in [0.15, 0.2) is 0 Å². The number of pyridine rings is 1. The molecule has 0 amide bonds. The summed E-state index contributed by atoms with van der Waals surface area (Å²) >= 11 is 0. The highest BCUT2D eigenvalue weighted by molar-refractivity contribution is 5.89. The van der Waals surface area contributed by atoms with Crippen molar-refractivity contribution >= 4 is 17.3 Å². The number of hydrogen-bond acceptors (Lipinski definition) is 4. The maximum absolute atomic E-state index is 11.0. The normalized spacial score (nSPS) is 10.0. The van der Waals surface area contributed by atoms with Gasteiger partial charge in [0.2, 0.25) is 5.69 Å². The van der Waals surface area contributed by atoms with Gasteiger partial charge in [-0.15, -0.1) is 0 Å². The van der Waals surface area contributed by atoms with Gasteiger partial charge in [0, 0.05) is 25.5 Å². The molecule has 0 saturated heterocycles. The van der Waals surface area contributed by atoms with Crippen LogP contribution >= 0.6 is 0 Å². The number of benzene rings is 1. The number of carbonyl (C=O) groups is 1. The summed E-state index contributed by atoms with van der Waals surface area (Å²) in [4.78, 5) is 20.5. The van der Waals surface area contributed by atoms with Gasteiger partial charge in [0.25, 0.3) is 0 Å². The number of carboxylic acids is 1. The predicted octanol–water partition coefficient (Wildman–Crippen LogP) is 2.43. The van der Waals surface area contributed by atoms with Crippen molar-refractivity contribution in [1.82, 2.24) is 4.98 Å². The lowest BCUT2D eigenvalue weighted by Gasteiger charge is -2.20. The molecule has 6 heteroatoms. The van der Waals surface area contributed by atoms with Crippen LogP contribution in [0.15, 0.2) is 36.5 Å². The number of hydrogen-bond donors (Lipinski definition) is 2. The number of carboxylic acid groups (broad SMARTS) is 1. The second-order valence-corrected chi connectivity index (χ2v) is 4.70. The van der Waals surface area contributed by atoms with Gasteiger partial charge in [-0.1, -0.05) is 6.07 Å². The van der Waals surface area contributed by atoms with Gasteiger partial charge >= 0.3 is 5.97 Å². The fourth-order valence-corrected chi connectivity index (χ4v) is 2.09. The first-order chi connectivity index (χ1) is 10.6. The SMILES string of the molecule is [C-]#[N+]c1cc(-c2cc(C(=O)O)ccn2)ccc1N(C)CCO. The molecule has 0 aliphatic heterocycles. The summed E-state index contributed by atoms with van der Waals surface area (Å²) in [6.45, 7) is 7.72. The van der Waals surface area contributed by atoms with Crippen LogP contribution in [0.25, 0.3) is 16.1 Å². The average molecular weight is 297 g/mol. The van der Waals surface area contributed by atoms with Crippen LogP contribution < -0.4 is 4.90 Å². The number of aliphatic hydroxyl groups is 1. The maximum atomic E-state index is 11.0. The smallest absolute Gasteiger partial charge is 0.335 e. The quantitative estimate of drug-likeness (QED) is 0.829. The minimum Gasteiger partial charge on any atom is -0.478 e. The molecule has 0 atom stereocenters. The van der Waals surface area contributed by atoms with Gasteiger partial charge in [-0.2, -0.15) is 0 Å². The van der Waals surface area contributed by atoms with Crippen LogP contribution in [0.4, 0.5) is 11.4 Å². The molecule has 1 aromatic heterocycles. The zero-order valence-corrected chi connectivity index (χ0v) is 12.0. The Labute approximate surface area is 128 Å². The van der Waals surface area contributed by atoms with Gasteiger partial charge in [0.05, 0.1) is 24.4 Å². The summed E-state index contributed by atoms with van der Waals surface area (Å²) in [5, 5.41) is 18.0.